The lowest BCUT2D eigenvalue weighted by molar-refractivity contribution is 0.340. The molecule has 0 aliphatic heterocycles. The van der Waals surface area contributed by atoms with Crippen molar-refractivity contribution in [1.82, 2.24) is 3.97 Å². The van der Waals surface area contributed by atoms with Crippen molar-refractivity contribution in [1.29, 1.82) is 0 Å². The van der Waals surface area contributed by atoms with Gasteiger partial charge in [-0.25, -0.2) is 12.4 Å². The van der Waals surface area contributed by atoms with Gasteiger partial charge in [-0.15, -0.1) is 0 Å². The number of benzene rings is 2. The molecule has 4 nitrogen and oxygen atoms in total. The maximum atomic E-state index is 13.2. The van der Waals surface area contributed by atoms with Crippen LogP contribution in [-0.2, 0) is 22.9 Å². The van der Waals surface area contributed by atoms with Crippen LogP contribution in [0.25, 0.3) is 10.9 Å². The van der Waals surface area contributed by atoms with Crippen molar-refractivity contribution in [2.24, 2.45) is 0 Å². The number of rotatable bonds is 7. The van der Waals surface area contributed by atoms with Crippen LogP contribution in [-0.4, -0.2) is 19.0 Å². The number of aromatic nitrogens is 1. The van der Waals surface area contributed by atoms with E-state index in [1.165, 1.54) is 3.97 Å². The molecule has 138 valence electrons. The molecule has 1 heterocycles. The van der Waals surface area contributed by atoms with Gasteiger partial charge in [-0.05, 0) is 61.2 Å². The normalized spacial score (nSPS) is 11.8. The van der Waals surface area contributed by atoms with E-state index in [9.17, 15) is 8.42 Å². The second-order valence-electron chi connectivity index (χ2n) is 6.31. The van der Waals surface area contributed by atoms with Crippen LogP contribution in [0.2, 0.25) is 0 Å². The lowest BCUT2D eigenvalue weighted by atomic mass is 10.1. The topological polar surface area (TPSA) is 48.3 Å². The molecule has 2 aromatic carbocycles. The van der Waals surface area contributed by atoms with E-state index in [1.54, 1.807) is 18.3 Å². The molecule has 0 unspecified atom stereocenters. The van der Waals surface area contributed by atoms with Crippen molar-refractivity contribution in [2.45, 2.75) is 44.9 Å². The number of aryl methyl sites for hydroxylation is 2. The molecule has 5 heteroatoms. The van der Waals surface area contributed by atoms with Crippen molar-refractivity contribution in [3.8, 4) is 5.75 Å². The number of hydrogen-bond donors (Lipinski definition) is 0. The van der Waals surface area contributed by atoms with Gasteiger partial charge < -0.3 is 4.74 Å². The molecule has 0 radical (unpaired) electrons. The molecule has 3 rings (SSSR count). The minimum Gasteiger partial charge on any atom is -0.494 e. The van der Waals surface area contributed by atoms with Gasteiger partial charge in [0.25, 0.3) is 10.0 Å². The van der Waals surface area contributed by atoms with Crippen LogP contribution in [0.5, 0.6) is 5.75 Å². The predicted octanol–water partition coefficient (Wildman–Crippen LogP) is 4.79. The molecular weight excluding hydrogens is 346 g/mol. The van der Waals surface area contributed by atoms with Crippen LogP contribution < -0.4 is 4.74 Å². The van der Waals surface area contributed by atoms with Gasteiger partial charge in [0.05, 0.1) is 17.0 Å². The predicted molar refractivity (Wildman–Crippen MR) is 106 cm³/mol. The van der Waals surface area contributed by atoms with Crippen molar-refractivity contribution < 1.29 is 13.2 Å². The van der Waals surface area contributed by atoms with E-state index in [1.807, 2.05) is 37.3 Å². The Kier molecular flexibility index (Phi) is 5.37. The highest BCUT2D eigenvalue weighted by atomic mass is 32.2. The zero-order valence-corrected chi connectivity index (χ0v) is 16.3. The van der Waals surface area contributed by atoms with Crippen LogP contribution in [0.1, 0.15) is 38.3 Å². The van der Waals surface area contributed by atoms with Crippen LogP contribution >= 0.6 is 0 Å². The number of ether oxygens (including phenoxy) is 1. The van der Waals surface area contributed by atoms with Crippen LogP contribution in [0.4, 0.5) is 0 Å². The summed E-state index contributed by atoms with van der Waals surface area (Å²) in [5, 5.41) is 0.937. The third-order valence-electron chi connectivity index (χ3n) is 4.54. The van der Waals surface area contributed by atoms with E-state index >= 15 is 0 Å². The summed E-state index contributed by atoms with van der Waals surface area (Å²) in [5.41, 5.74) is 2.84. The molecule has 0 bridgehead atoms. The van der Waals surface area contributed by atoms with E-state index in [4.69, 9.17) is 4.74 Å². The van der Waals surface area contributed by atoms with Crippen molar-refractivity contribution in [3.63, 3.8) is 0 Å². The number of fused-ring (bicyclic) bond motifs is 1. The van der Waals surface area contributed by atoms with Crippen LogP contribution in [0.15, 0.2) is 53.6 Å². The summed E-state index contributed by atoms with van der Waals surface area (Å²) >= 11 is 0. The van der Waals surface area contributed by atoms with Crippen molar-refractivity contribution in [3.05, 3.63) is 59.8 Å². The molecule has 0 fully saturated rings. The summed E-state index contributed by atoms with van der Waals surface area (Å²) in [6, 6.07) is 12.7. The Balaban J connectivity index is 2.16. The second-order valence-corrected chi connectivity index (χ2v) is 8.13. The Bertz CT molecular complexity index is 1000. The smallest absolute Gasteiger partial charge is 0.268 e. The maximum absolute atomic E-state index is 13.2. The van der Waals surface area contributed by atoms with Crippen molar-refractivity contribution in [2.75, 3.05) is 6.61 Å². The summed E-state index contributed by atoms with van der Waals surface area (Å²) in [4.78, 5) is 0.309. The lowest BCUT2D eigenvalue weighted by Crippen LogP contribution is -2.12. The largest absolute Gasteiger partial charge is 0.494 e. The first-order chi connectivity index (χ1) is 12.5. The minimum atomic E-state index is -3.64. The monoisotopic (exact) mass is 371 g/mol. The summed E-state index contributed by atoms with van der Waals surface area (Å²) < 4.78 is 33.4. The summed E-state index contributed by atoms with van der Waals surface area (Å²) in [6.45, 7) is 6.66. The third kappa shape index (κ3) is 3.36. The number of nitrogens with zero attached hydrogens (tertiary/aromatic N) is 1. The fraction of sp³-hybridized carbons (Fsp3) is 0.333. The Labute approximate surface area is 155 Å². The second kappa shape index (κ2) is 7.54. The molecule has 0 saturated carbocycles. The number of hydrogen-bond acceptors (Lipinski definition) is 3. The van der Waals surface area contributed by atoms with Gasteiger partial charge in [-0.3, -0.25) is 0 Å². The zero-order chi connectivity index (χ0) is 18.7. The molecule has 0 spiro atoms. The molecule has 0 aliphatic rings. The first-order valence-electron chi connectivity index (χ1n) is 9.12. The zero-order valence-electron chi connectivity index (χ0n) is 15.5. The highest BCUT2D eigenvalue weighted by Crippen LogP contribution is 2.30. The Morgan fingerprint density at radius 3 is 2.35 bits per heavy atom. The Morgan fingerprint density at radius 1 is 1.00 bits per heavy atom. The summed E-state index contributed by atoms with van der Waals surface area (Å²) in [7, 11) is -3.64. The fourth-order valence-electron chi connectivity index (χ4n) is 3.18. The lowest BCUT2D eigenvalue weighted by Gasteiger charge is -2.09. The van der Waals surface area contributed by atoms with E-state index < -0.39 is 10.0 Å². The third-order valence-corrected chi connectivity index (χ3v) is 6.23. The van der Waals surface area contributed by atoms with Crippen LogP contribution in [0.3, 0.4) is 0 Å². The van der Waals surface area contributed by atoms with Gasteiger partial charge >= 0.3 is 0 Å². The molecule has 0 N–H and O–H groups in total. The van der Waals surface area contributed by atoms with E-state index in [2.05, 4.69) is 13.8 Å². The van der Waals surface area contributed by atoms with Gasteiger partial charge in [0.15, 0.2) is 0 Å². The molecule has 26 heavy (non-hydrogen) atoms. The highest BCUT2D eigenvalue weighted by molar-refractivity contribution is 7.90. The summed E-state index contributed by atoms with van der Waals surface area (Å²) in [5.74, 6) is 0.764. The fourth-order valence-corrected chi connectivity index (χ4v) is 4.57. The Hall–Kier alpha value is -2.27. The van der Waals surface area contributed by atoms with Gasteiger partial charge in [-0.1, -0.05) is 32.4 Å². The van der Waals surface area contributed by atoms with Gasteiger partial charge in [0.1, 0.15) is 5.75 Å². The standard InChI is InChI=1S/C21H25NO3S/c1-4-7-17-15-22(21-13-10-18(25-6-3)14-20(17)21)26(23,24)19-11-8-16(5-2)9-12-19/h8-15H,4-7H2,1-3H3. The molecule has 0 atom stereocenters. The first-order valence-corrected chi connectivity index (χ1v) is 10.6. The summed E-state index contributed by atoms with van der Waals surface area (Å²) in [6.07, 6.45) is 4.41. The van der Waals surface area contributed by atoms with Gasteiger partial charge in [0, 0.05) is 11.6 Å². The highest BCUT2D eigenvalue weighted by Gasteiger charge is 2.21. The quantitative estimate of drug-likeness (QED) is 0.600. The molecule has 0 aliphatic carbocycles. The molecular formula is C21H25NO3S. The van der Waals surface area contributed by atoms with Crippen LogP contribution in [0, 0.1) is 0 Å². The molecule has 1 aromatic heterocycles. The van der Waals surface area contributed by atoms with Gasteiger partial charge in [-0.2, -0.15) is 0 Å². The van der Waals surface area contributed by atoms with Crippen molar-refractivity contribution >= 4 is 20.9 Å². The average molecular weight is 372 g/mol. The molecule has 3 aromatic rings. The van der Waals surface area contributed by atoms with Gasteiger partial charge in [0.2, 0.25) is 0 Å². The first kappa shape index (κ1) is 18.5. The van der Waals surface area contributed by atoms with E-state index in [0.717, 1.165) is 41.5 Å². The van der Waals surface area contributed by atoms with E-state index in [-0.39, 0.29) is 0 Å². The maximum Gasteiger partial charge on any atom is 0.268 e. The molecule has 0 saturated heterocycles. The van der Waals surface area contributed by atoms with E-state index in [0.29, 0.717) is 17.0 Å². The average Bonchev–Trinajstić information content (AvgIpc) is 3.01. The minimum absolute atomic E-state index is 0.309. The SMILES string of the molecule is CCCc1cn(S(=O)(=O)c2ccc(CC)cc2)c2ccc(OCC)cc12. The molecule has 0 amide bonds. The Morgan fingerprint density at radius 2 is 1.73 bits per heavy atom.